The van der Waals surface area contributed by atoms with Gasteiger partial charge in [-0.05, 0) is 6.92 Å². The van der Waals surface area contributed by atoms with E-state index in [-0.39, 0.29) is 25.9 Å². The second kappa shape index (κ2) is 7.97. The lowest BCUT2D eigenvalue weighted by Gasteiger charge is -2.16. The van der Waals surface area contributed by atoms with Gasteiger partial charge in [-0.2, -0.15) is 0 Å². The SMILES string of the molecule is CC(O)CC(COCCO)OC=N. The summed E-state index contributed by atoms with van der Waals surface area (Å²) >= 11 is 0. The molecule has 5 nitrogen and oxygen atoms in total. The van der Waals surface area contributed by atoms with Crippen LogP contribution in [-0.2, 0) is 9.47 Å². The van der Waals surface area contributed by atoms with Gasteiger partial charge < -0.3 is 19.7 Å². The standard InChI is InChI=1S/C8H17NO4/c1-7(11)4-8(13-6-9)5-12-3-2-10/h6-11H,2-5H2,1H3. The third-order valence-corrected chi connectivity index (χ3v) is 1.40. The van der Waals surface area contributed by atoms with Crippen molar-refractivity contribution in [2.75, 3.05) is 19.8 Å². The normalized spacial score (nSPS) is 15.0. The molecule has 0 aliphatic carbocycles. The first kappa shape index (κ1) is 12.3. The van der Waals surface area contributed by atoms with Gasteiger partial charge in [0.05, 0.1) is 25.9 Å². The Kier molecular flexibility index (Phi) is 7.57. The van der Waals surface area contributed by atoms with Crippen LogP contribution in [0.25, 0.3) is 0 Å². The molecule has 0 radical (unpaired) electrons. The molecule has 0 heterocycles. The molecule has 0 spiro atoms. The predicted molar refractivity (Wildman–Crippen MR) is 47.9 cm³/mol. The molecule has 0 aromatic heterocycles. The maximum atomic E-state index is 9.05. The van der Waals surface area contributed by atoms with Crippen LogP contribution < -0.4 is 0 Å². The highest BCUT2D eigenvalue weighted by Crippen LogP contribution is 2.02. The Labute approximate surface area is 77.8 Å². The van der Waals surface area contributed by atoms with E-state index in [0.29, 0.717) is 6.42 Å². The molecule has 0 bridgehead atoms. The Hall–Kier alpha value is -0.650. The van der Waals surface area contributed by atoms with Crippen molar-refractivity contribution < 1.29 is 19.7 Å². The molecule has 5 heteroatoms. The van der Waals surface area contributed by atoms with Gasteiger partial charge in [0, 0.05) is 6.42 Å². The summed E-state index contributed by atoms with van der Waals surface area (Å²) in [5.74, 6) is 0. The van der Waals surface area contributed by atoms with E-state index < -0.39 is 6.10 Å². The Morgan fingerprint density at radius 3 is 2.69 bits per heavy atom. The van der Waals surface area contributed by atoms with E-state index in [1.54, 1.807) is 6.92 Å². The summed E-state index contributed by atoms with van der Waals surface area (Å²) < 4.78 is 9.88. The second-order valence-corrected chi connectivity index (χ2v) is 2.76. The summed E-state index contributed by atoms with van der Waals surface area (Å²) in [5, 5.41) is 24.2. The molecule has 0 saturated heterocycles. The molecule has 2 atom stereocenters. The molecule has 78 valence electrons. The van der Waals surface area contributed by atoms with Gasteiger partial charge in [-0.25, -0.2) is 0 Å². The van der Waals surface area contributed by atoms with Crippen LogP contribution in [0.15, 0.2) is 0 Å². The van der Waals surface area contributed by atoms with Crippen LogP contribution in [0.2, 0.25) is 0 Å². The van der Waals surface area contributed by atoms with Crippen molar-refractivity contribution in [1.29, 1.82) is 5.41 Å². The minimum atomic E-state index is -0.484. The van der Waals surface area contributed by atoms with Crippen LogP contribution in [0.1, 0.15) is 13.3 Å². The summed E-state index contributed by atoms with van der Waals surface area (Å²) in [5.41, 5.74) is 0. The number of nitrogens with one attached hydrogen (secondary N) is 1. The molecule has 0 rings (SSSR count). The van der Waals surface area contributed by atoms with Crippen molar-refractivity contribution in [2.24, 2.45) is 0 Å². The summed E-state index contributed by atoms with van der Waals surface area (Å²) in [7, 11) is 0. The molecule has 13 heavy (non-hydrogen) atoms. The van der Waals surface area contributed by atoms with Crippen molar-refractivity contribution in [3.05, 3.63) is 0 Å². The Balaban J connectivity index is 3.59. The van der Waals surface area contributed by atoms with Gasteiger partial charge in [0.1, 0.15) is 6.10 Å². The lowest BCUT2D eigenvalue weighted by Crippen LogP contribution is -2.24. The molecule has 0 aliphatic rings. The average molecular weight is 191 g/mol. The van der Waals surface area contributed by atoms with E-state index in [0.717, 1.165) is 6.40 Å². The van der Waals surface area contributed by atoms with Crippen LogP contribution in [0.5, 0.6) is 0 Å². The number of aliphatic hydroxyl groups is 2. The van der Waals surface area contributed by atoms with Crippen molar-refractivity contribution >= 4 is 6.40 Å². The molecular weight excluding hydrogens is 174 g/mol. The summed E-state index contributed by atoms with van der Waals surface area (Å²) in [6.07, 6.45) is 0.447. The Morgan fingerprint density at radius 2 is 2.23 bits per heavy atom. The number of hydrogen-bond acceptors (Lipinski definition) is 5. The number of aliphatic hydroxyl groups excluding tert-OH is 2. The van der Waals surface area contributed by atoms with E-state index >= 15 is 0 Å². The number of hydrogen-bond donors (Lipinski definition) is 3. The zero-order valence-corrected chi connectivity index (χ0v) is 7.77. The predicted octanol–water partition coefficient (Wildman–Crippen LogP) is -0.242. The highest BCUT2D eigenvalue weighted by Gasteiger charge is 2.11. The fraction of sp³-hybridized carbons (Fsp3) is 0.875. The Morgan fingerprint density at radius 1 is 1.54 bits per heavy atom. The van der Waals surface area contributed by atoms with Crippen LogP contribution >= 0.6 is 0 Å². The van der Waals surface area contributed by atoms with Crippen LogP contribution in [-0.4, -0.2) is 48.6 Å². The lowest BCUT2D eigenvalue weighted by molar-refractivity contribution is 0.00923. The summed E-state index contributed by atoms with van der Waals surface area (Å²) in [6, 6.07) is 0. The highest BCUT2D eigenvalue weighted by molar-refractivity contribution is 5.41. The molecule has 0 aromatic rings. The first-order valence-corrected chi connectivity index (χ1v) is 4.21. The lowest BCUT2D eigenvalue weighted by atomic mass is 10.2. The van der Waals surface area contributed by atoms with Gasteiger partial charge in [0.25, 0.3) is 0 Å². The fourth-order valence-corrected chi connectivity index (χ4v) is 0.919. The van der Waals surface area contributed by atoms with Crippen molar-refractivity contribution in [3.8, 4) is 0 Å². The van der Waals surface area contributed by atoms with Gasteiger partial charge >= 0.3 is 0 Å². The summed E-state index contributed by atoms with van der Waals surface area (Å²) in [4.78, 5) is 0. The quantitative estimate of drug-likeness (QED) is 0.281. The number of ether oxygens (including phenoxy) is 2. The van der Waals surface area contributed by atoms with Gasteiger partial charge in [-0.15, -0.1) is 0 Å². The molecule has 2 unspecified atom stereocenters. The first-order valence-electron chi connectivity index (χ1n) is 4.21. The molecule has 0 saturated carbocycles. The minimum Gasteiger partial charge on any atom is -0.478 e. The second-order valence-electron chi connectivity index (χ2n) is 2.76. The van der Waals surface area contributed by atoms with Gasteiger partial charge in [0.2, 0.25) is 0 Å². The van der Waals surface area contributed by atoms with Crippen LogP contribution in [0.4, 0.5) is 0 Å². The molecule has 0 aromatic carbocycles. The summed E-state index contributed by atoms with van der Waals surface area (Å²) in [6.45, 7) is 2.14. The molecular formula is C8H17NO4. The van der Waals surface area contributed by atoms with E-state index in [2.05, 4.69) is 0 Å². The largest absolute Gasteiger partial charge is 0.478 e. The first-order chi connectivity index (χ1) is 6.20. The van der Waals surface area contributed by atoms with Gasteiger partial charge in [-0.1, -0.05) is 0 Å². The zero-order valence-electron chi connectivity index (χ0n) is 7.77. The molecule has 0 aliphatic heterocycles. The smallest absolute Gasteiger partial charge is 0.167 e. The van der Waals surface area contributed by atoms with Crippen LogP contribution in [0.3, 0.4) is 0 Å². The maximum Gasteiger partial charge on any atom is 0.167 e. The van der Waals surface area contributed by atoms with Crippen molar-refractivity contribution in [2.45, 2.75) is 25.6 Å². The van der Waals surface area contributed by atoms with Gasteiger partial charge in [0.15, 0.2) is 6.40 Å². The van der Waals surface area contributed by atoms with E-state index in [9.17, 15) is 0 Å². The molecule has 0 amide bonds. The van der Waals surface area contributed by atoms with Gasteiger partial charge in [-0.3, -0.25) is 5.41 Å². The third kappa shape index (κ3) is 7.70. The zero-order chi connectivity index (χ0) is 10.1. The Bertz CT molecular complexity index is 129. The van der Waals surface area contributed by atoms with E-state index in [4.69, 9.17) is 25.1 Å². The van der Waals surface area contributed by atoms with Crippen molar-refractivity contribution in [1.82, 2.24) is 0 Å². The topological polar surface area (TPSA) is 82.8 Å². The molecule has 3 N–H and O–H groups in total. The monoisotopic (exact) mass is 191 g/mol. The maximum absolute atomic E-state index is 9.05. The average Bonchev–Trinajstić information content (AvgIpc) is 2.04. The van der Waals surface area contributed by atoms with Crippen LogP contribution in [0, 0.1) is 5.41 Å². The third-order valence-electron chi connectivity index (χ3n) is 1.40. The molecule has 0 fully saturated rings. The van der Waals surface area contributed by atoms with E-state index in [1.165, 1.54) is 0 Å². The highest BCUT2D eigenvalue weighted by atomic mass is 16.5. The van der Waals surface area contributed by atoms with Crippen molar-refractivity contribution in [3.63, 3.8) is 0 Å². The minimum absolute atomic E-state index is 0.0357. The van der Waals surface area contributed by atoms with E-state index in [1.807, 2.05) is 0 Å². The number of rotatable bonds is 8. The fourth-order valence-electron chi connectivity index (χ4n) is 0.919.